The maximum absolute atomic E-state index is 6.76. The van der Waals surface area contributed by atoms with Crippen LogP contribution in [0.1, 0.15) is 36.0 Å². The molecular weight excluding hydrogens is 266 g/mol. The maximum Gasteiger partial charge on any atom is 0.119 e. The summed E-state index contributed by atoms with van der Waals surface area (Å²) >= 11 is 1.76. The van der Waals surface area contributed by atoms with Crippen LogP contribution >= 0.6 is 11.3 Å². The third-order valence-corrected chi connectivity index (χ3v) is 5.09. The number of thiophene rings is 1. The molecule has 0 fully saturated rings. The van der Waals surface area contributed by atoms with Gasteiger partial charge in [0.15, 0.2) is 0 Å². The number of hydrogen-bond acceptors (Lipinski definition) is 3. The first-order chi connectivity index (χ1) is 9.71. The number of aryl methyl sites for hydroxylation is 2. The molecule has 1 heterocycles. The zero-order valence-corrected chi connectivity index (χ0v) is 12.7. The van der Waals surface area contributed by atoms with Crippen molar-refractivity contribution in [2.24, 2.45) is 5.73 Å². The smallest absolute Gasteiger partial charge is 0.119 e. The first-order valence-corrected chi connectivity index (χ1v) is 8.13. The Morgan fingerprint density at radius 2 is 2.25 bits per heavy atom. The van der Waals surface area contributed by atoms with Gasteiger partial charge in [-0.25, -0.2) is 0 Å². The van der Waals surface area contributed by atoms with Gasteiger partial charge in [0.05, 0.1) is 7.11 Å². The molecule has 0 radical (unpaired) electrons. The van der Waals surface area contributed by atoms with Crippen molar-refractivity contribution >= 4 is 11.3 Å². The summed E-state index contributed by atoms with van der Waals surface area (Å²) in [6.07, 6.45) is 5.44. The lowest BCUT2D eigenvalue weighted by atomic mass is 9.74. The maximum atomic E-state index is 6.76. The first-order valence-electron chi connectivity index (χ1n) is 7.19. The highest BCUT2D eigenvalue weighted by molar-refractivity contribution is 7.07. The molecule has 1 aromatic carbocycles. The van der Waals surface area contributed by atoms with Crippen LogP contribution in [0, 0.1) is 0 Å². The molecule has 0 aliphatic heterocycles. The normalized spacial score (nSPS) is 21.5. The lowest BCUT2D eigenvalue weighted by Gasteiger charge is -2.36. The van der Waals surface area contributed by atoms with Crippen molar-refractivity contribution in [1.29, 1.82) is 0 Å². The molecule has 2 aromatic rings. The largest absolute Gasteiger partial charge is 0.497 e. The molecule has 3 heteroatoms. The fraction of sp³-hybridized carbons (Fsp3) is 0.412. The molecule has 1 atom stereocenters. The van der Waals surface area contributed by atoms with Crippen LogP contribution in [0.2, 0.25) is 0 Å². The summed E-state index contributed by atoms with van der Waals surface area (Å²) in [5.74, 6) is 0.913. The predicted octanol–water partition coefficient (Wildman–Crippen LogP) is 3.88. The van der Waals surface area contributed by atoms with E-state index in [2.05, 4.69) is 29.0 Å². The number of rotatable bonds is 4. The van der Waals surface area contributed by atoms with E-state index in [4.69, 9.17) is 10.5 Å². The Morgan fingerprint density at radius 1 is 1.35 bits per heavy atom. The van der Waals surface area contributed by atoms with Gasteiger partial charge in [0.25, 0.3) is 0 Å². The van der Waals surface area contributed by atoms with E-state index in [1.165, 1.54) is 23.1 Å². The average molecular weight is 287 g/mol. The van der Waals surface area contributed by atoms with E-state index < -0.39 is 0 Å². The third-order valence-electron chi connectivity index (χ3n) is 4.36. The third kappa shape index (κ3) is 2.60. The quantitative estimate of drug-likeness (QED) is 0.926. The number of nitrogens with two attached hydrogens (primary N) is 1. The molecular formula is C17H21NOS. The summed E-state index contributed by atoms with van der Waals surface area (Å²) in [7, 11) is 1.72. The Morgan fingerprint density at radius 3 is 3.00 bits per heavy atom. The molecule has 3 rings (SSSR count). The van der Waals surface area contributed by atoms with Crippen LogP contribution in [0.3, 0.4) is 0 Å². The monoisotopic (exact) mass is 287 g/mol. The molecule has 2 N–H and O–H groups in total. The summed E-state index contributed by atoms with van der Waals surface area (Å²) in [6, 6.07) is 8.56. The SMILES string of the molecule is COc1ccc2c(c1)C(N)(CCc1ccsc1)CCC2. The lowest BCUT2D eigenvalue weighted by molar-refractivity contribution is 0.342. The summed E-state index contributed by atoms with van der Waals surface area (Å²) in [5.41, 5.74) is 10.6. The fourth-order valence-corrected chi connectivity index (χ4v) is 3.86. The standard InChI is InChI=1S/C17H21NOS/c1-19-15-5-4-14-3-2-8-17(18,16(14)11-15)9-6-13-7-10-20-12-13/h4-5,7,10-12H,2-3,6,8-9,18H2,1H3. The van der Waals surface area contributed by atoms with E-state index in [1.54, 1.807) is 18.4 Å². The fourth-order valence-electron chi connectivity index (χ4n) is 3.15. The molecule has 1 aromatic heterocycles. The van der Waals surface area contributed by atoms with Crippen LogP contribution in [0.4, 0.5) is 0 Å². The van der Waals surface area contributed by atoms with Gasteiger partial charge in [0, 0.05) is 5.54 Å². The van der Waals surface area contributed by atoms with Crippen LogP contribution in [-0.2, 0) is 18.4 Å². The summed E-state index contributed by atoms with van der Waals surface area (Å²) in [6.45, 7) is 0. The van der Waals surface area contributed by atoms with E-state index in [-0.39, 0.29) is 5.54 Å². The first kappa shape index (κ1) is 13.7. The molecule has 20 heavy (non-hydrogen) atoms. The topological polar surface area (TPSA) is 35.2 Å². The summed E-state index contributed by atoms with van der Waals surface area (Å²) in [5, 5.41) is 4.36. The molecule has 0 amide bonds. The highest BCUT2D eigenvalue weighted by Gasteiger charge is 2.32. The van der Waals surface area contributed by atoms with Crippen molar-refractivity contribution in [2.75, 3.05) is 7.11 Å². The van der Waals surface area contributed by atoms with Crippen molar-refractivity contribution in [2.45, 2.75) is 37.6 Å². The second-order valence-electron chi connectivity index (χ2n) is 5.66. The Hall–Kier alpha value is -1.32. The van der Waals surface area contributed by atoms with Crippen molar-refractivity contribution < 1.29 is 4.74 Å². The van der Waals surface area contributed by atoms with E-state index in [0.29, 0.717) is 0 Å². The second-order valence-corrected chi connectivity index (χ2v) is 6.44. The van der Waals surface area contributed by atoms with Crippen molar-refractivity contribution in [3.8, 4) is 5.75 Å². The number of fused-ring (bicyclic) bond motifs is 1. The van der Waals surface area contributed by atoms with Crippen molar-refractivity contribution in [3.63, 3.8) is 0 Å². The minimum atomic E-state index is -0.204. The van der Waals surface area contributed by atoms with Crippen LogP contribution in [-0.4, -0.2) is 7.11 Å². The number of benzene rings is 1. The number of ether oxygens (including phenoxy) is 1. The number of methoxy groups -OCH3 is 1. The van der Waals surface area contributed by atoms with Gasteiger partial charge in [-0.3, -0.25) is 0 Å². The van der Waals surface area contributed by atoms with Crippen LogP contribution in [0.25, 0.3) is 0 Å². The Balaban J connectivity index is 1.86. The van der Waals surface area contributed by atoms with Crippen LogP contribution in [0.15, 0.2) is 35.0 Å². The van der Waals surface area contributed by atoms with E-state index in [9.17, 15) is 0 Å². The lowest BCUT2D eigenvalue weighted by Crippen LogP contribution is -2.40. The van der Waals surface area contributed by atoms with Gasteiger partial charge in [-0.2, -0.15) is 11.3 Å². The molecule has 1 unspecified atom stereocenters. The van der Waals surface area contributed by atoms with Crippen molar-refractivity contribution in [3.05, 3.63) is 51.7 Å². The molecule has 1 aliphatic carbocycles. The van der Waals surface area contributed by atoms with Gasteiger partial charge in [-0.05, 0) is 77.8 Å². The van der Waals surface area contributed by atoms with Gasteiger partial charge in [-0.15, -0.1) is 0 Å². The van der Waals surface area contributed by atoms with E-state index in [1.807, 2.05) is 6.07 Å². The molecule has 0 bridgehead atoms. The van der Waals surface area contributed by atoms with Crippen LogP contribution in [0.5, 0.6) is 5.75 Å². The molecule has 2 nitrogen and oxygen atoms in total. The molecule has 1 aliphatic rings. The zero-order chi connectivity index (χ0) is 14.0. The Kier molecular flexibility index (Phi) is 3.81. The minimum absolute atomic E-state index is 0.204. The molecule has 0 spiro atoms. The second kappa shape index (κ2) is 5.58. The van der Waals surface area contributed by atoms with Gasteiger partial charge in [-0.1, -0.05) is 6.07 Å². The van der Waals surface area contributed by atoms with E-state index in [0.717, 1.165) is 31.4 Å². The van der Waals surface area contributed by atoms with Gasteiger partial charge >= 0.3 is 0 Å². The number of hydrogen-bond donors (Lipinski definition) is 1. The predicted molar refractivity (Wildman–Crippen MR) is 84.4 cm³/mol. The Labute approximate surface area is 124 Å². The van der Waals surface area contributed by atoms with Crippen molar-refractivity contribution in [1.82, 2.24) is 0 Å². The summed E-state index contributed by atoms with van der Waals surface area (Å²) < 4.78 is 5.37. The molecule has 0 saturated carbocycles. The highest BCUT2D eigenvalue weighted by atomic mass is 32.1. The highest BCUT2D eigenvalue weighted by Crippen LogP contribution is 2.38. The van der Waals surface area contributed by atoms with Crippen LogP contribution < -0.4 is 10.5 Å². The van der Waals surface area contributed by atoms with Gasteiger partial charge < -0.3 is 10.5 Å². The molecule has 106 valence electrons. The van der Waals surface area contributed by atoms with Gasteiger partial charge in [0.1, 0.15) is 5.75 Å². The van der Waals surface area contributed by atoms with Gasteiger partial charge in [0.2, 0.25) is 0 Å². The average Bonchev–Trinajstić information content (AvgIpc) is 2.99. The Bertz CT molecular complexity index is 579. The zero-order valence-electron chi connectivity index (χ0n) is 11.9. The minimum Gasteiger partial charge on any atom is -0.497 e. The van der Waals surface area contributed by atoms with E-state index >= 15 is 0 Å². The molecule has 0 saturated heterocycles. The summed E-state index contributed by atoms with van der Waals surface area (Å²) in [4.78, 5) is 0.